The summed E-state index contributed by atoms with van der Waals surface area (Å²) in [5.41, 5.74) is 2.86. The topological polar surface area (TPSA) is 89.8 Å². The molecule has 1 aliphatic carbocycles. The highest BCUT2D eigenvalue weighted by Gasteiger charge is 2.30. The minimum absolute atomic E-state index is 0.0567. The van der Waals surface area contributed by atoms with Crippen molar-refractivity contribution in [2.24, 2.45) is 0 Å². The van der Waals surface area contributed by atoms with Gasteiger partial charge in [0.1, 0.15) is 0 Å². The number of nitrogens with one attached hydrogen (secondary N) is 1. The van der Waals surface area contributed by atoms with Crippen molar-refractivity contribution in [3.8, 4) is 22.6 Å². The van der Waals surface area contributed by atoms with Crippen LogP contribution in [0.2, 0.25) is 0 Å². The second kappa shape index (κ2) is 7.35. The molecule has 1 saturated carbocycles. The molecule has 2 N–H and O–H groups in total. The lowest BCUT2D eigenvalue weighted by atomic mass is 9.98. The Balaban J connectivity index is 1.79. The van der Waals surface area contributed by atoms with Crippen LogP contribution in [-0.2, 0) is 13.1 Å². The van der Waals surface area contributed by atoms with E-state index in [1.807, 2.05) is 18.2 Å². The number of alkyl halides is 2. The average molecular weight is 428 g/mol. The molecule has 3 aromatic rings. The first-order valence-electron chi connectivity index (χ1n) is 9.82. The molecule has 0 bridgehead atoms. The van der Waals surface area contributed by atoms with E-state index in [1.54, 1.807) is 10.6 Å². The van der Waals surface area contributed by atoms with Gasteiger partial charge in [0, 0.05) is 24.7 Å². The number of aromatic nitrogens is 1. The fourth-order valence-corrected chi connectivity index (χ4v) is 4.10. The Kier molecular flexibility index (Phi) is 4.62. The summed E-state index contributed by atoms with van der Waals surface area (Å²) < 4.78 is 38.1. The Labute approximate surface area is 174 Å². The molecule has 7 nitrogen and oxygen atoms in total. The summed E-state index contributed by atoms with van der Waals surface area (Å²) in [6, 6.07) is 8.71. The molecule has 1 aliphatic heterocycles. The van der Waals surface area contributed by atoms with Crippen LogP contribution < -0.4 is 20.2 Å². The zero-order chi connectivity index (χ0) is 21.7. The molecule has 2 heterocycles. The first-order chi connectivity index (χ1) is 14.9. The van der Waals surface area contributed by atoms with Crippen molar-refractivity contribution in [2.45, 2.75) is 38.6 Å². The standard InChI is InChI=1S/C22H18F2N2O5/c23-21(24)31-20-15(11-1-2-12-8-25-9-13(12)7-11)5-6-16-18(20)26(14-3-4-14)10-17(19(16)27)30-22(28)29/h1-2,5-7,10,14,21,25H,3-4,8-9H2,(H,28,29). The van der Waals surface area contributed by atoms with Crippen LogP contribution in [0.25, 0.3) is 22.0 Å². The van der Waals surface area contributed by atoms with Gasteiger partial charge >= 0.3 is 12.8 Å². The van der Waals surface area contributed by atoms with Crippen molar-refractivity contribution >= 4 is 17.1 Å². The monoisotopic (exact) mass is 428 g/mol. The molecule has 0 saturated heterocycles. The molecule has 0 atom stereocenters. The van der Waals surface area contributed by atoms with Gasteiger partial charge in [-0.1, -0.05) is 12.1 Å². The van der Waals surface area contributed by atoms with Crippen LogP contribution in [0, 0.1) is 0 Å². The molecule has 31 heavy (non-hydrogen) atoms. The lowest BCUT2D eigenvalue weighted by Crippen LogP contribution is -2.17. The van der Waals surface area contributed by atoms with E-state index in [2.05, 4.69) is 10.1 Å². The zero-order valence-electron chi connectivity index (χ0n) is 16.2. The number of hydrogen-bond donors (Lipinski definition) is 2. The van der Waals surface area contributed by atoms with Gasteiger partial charge in [-0.05, 0) is 47.7 Å². The van der Waals surface area contributed by atoms with Gasteiger partial charge in [-0.25, -0.2) is 4.79 Å². The quantitative estimate of drug-likeness (QED) is 0.590. The Hall–Kier alpha value is -3.46. The molecule has 2 aliphatic rings. The van der Waals surface area contributed by atoms with Gasteiger partial charge in [-0.15, -0.1) is 0 Å². The van der Waals surface area contributed by atoms with Crippen molar-refractivity contribution in [2.75, 3.05) is 0 Å². The maximum Gasteiger partial charge on any atom is 0.511 e. The second-order valence-electron chi connectivity index (χ2n) is 7.63. The molecule has 5 rings (SSSR count). The Bertz CT molecular complexity index is 1270. The summed E-state index contributed by atoms with van der Waals surface area (Å²) in [5.74, 6) is -0.476. The number of nitrogens with zero attached hydrogens (tertiary/aromatic N) is 1. The summed E-state index contributed by atoms with van der Waals surface area (Å²) in [5, 5.41) is 12.3. The summed E-state index contributed by atoms with van der Waals surface area (Å²) in [6.45, 7) is -1.66. The number of ether oxygens (including phenoxy) is 2. The van der Waals surface area contributed by atoms with Crippen LogP contribution in [0.3, 0.4) is 0 Å². The summed E-state index contributed by atoms with van der Waals surface area (Å²) in [6.07, 6.45) is 1.19. The predicted molar refractivity (Wildman–Crippen MR) is 108 cm³/mol. The van der Waals surface area contributed by atoms with E-state index in [0.717, 1.165) is 30.5 Å². The lowest BCUT2D eigenvalue weighted by molar-refractivity contribution is -0.0486. The minimum atomic E-state index is -3.10. The van der Waals surface area contributed by atoms with E-state index in [4.69, 9.17) is 9.84 Å². The maximum absolute atomic E-state index is 13.4. The van der Waals surface area contributed by atoms with Crippen molar-refractivity contribution in [3.63, 3.8) is 0 Å². The third-order valence-electron chi connectivity index (χ3n) is 5.61. The van der Waals surface area contributed by atoms with Crippen molar-refractivity contribution in [1.82, 2.24) is 9.88 Å². The summed E-state index contributed by atoms with van der Waals surface area (Å²) >= 11 is 0. The molecular weight excluding hydrogens is 410 g/mol. The fourth-order valence-electron chi connectivity index (χ4n) is 4.10. The lowest BCUT2D eigenvalue weighted by Gasteiger charge is -2.19. The number of hydrogen-bond acceptors (Lipinski definition) is 5. The van der Waals surface area contributed by atoms with Crippen molar-refractivity contribution in [1.29, 1.82) is 0 Å². The largest absolute Gasteiger partial charge is 0.511 e. The van der Waals surface area contributed by atoms with Crippen LogP contribution in [0.4, 0.5) is 13.6 Å². The number of carbonyl (C=O) groups is 1. The number of pyridine rings is 1. The molecule has 160 valence electrons. The fraction of sp³-hybridized carbons (Fsp3) is 0.273. The highest BCUT2D eigenvalue weighted by molar-refractivity contribution is 5.94. The van der Waals surface area contributed by atoms with Gasteiger partial charge in [0.25, 0.3) is 0 Å². The van der Waals surface area contributed by atoms with E-state index < -0.39 is 18.2 Å². The highest BCUT2D eigenvalue weighted by Crippen LogP contribution is 2.44. The van der Waals surface area contributed by atoms with E-state index >= 15 is 0 Å². The molecule has 2 aromatic carbocycles. The van der Waals surface area contributed by atoms with Gasteiger partial charge in [0.15, 0.2) is 11.5 Å². The van der Waals surface area contributed by atoms with E-state index in [9.17, 15) is 18.4 Å². The third kappa shape index (κ3) is 3.50. The van der Waals surface area contributed by atoms with Gasteiger partial charge in [0.2, 0.25) is 5.43 Å². The number of benzene rings is 2. The van der Waals surface area contributed by atoms with Gasteiger partial charge in [0.05, 0.1) is 17.1 Å². The Morgan fingerprint density at radius 3 is 2.65 bits per heavy atom. The smallest absolute Gasteiger partial charge is 0.449 e. The summed E-state index contributed by atoms with van der Waals surface area (Å²) in [4.78, 5) is 23.8. The predicted octanol–water partition coefficient (Wildman–Crippen LogP) is 4.26. The molecular formula is C22H18F2N2O5. The Morgan fingerprint density at radius 2 is 1.94 bits per heavy atom. The molecule has 1 fully saturated rings. The second-order valence-corrected chi connectivity index (χ2v) is 7.63. The molecule has 9 heteroatoms. The third-order valence-corrected chi connectivity index (χ3v) is 5.61. The SMILES string of the molecule is O=C(O)Oc1cn(C2CC2)c2c(OC(F)F)c(-c3ccc4c(c3)CNC4)ccc2c1=O. The van der Waals surface area contributed by atoms with Gasteiger partial charge in [-0.2, -0.15) is 8.78 Å². The molecule has 0 unspecified atom stereocenters. The minimum Gasteiger partial charge on any atom is -0.449 e. The van der Waals surface area contributed by atoms with Crippen LogP contribution in [0.15, 0.2) is 41.3 Å². The number of fused-ring (bicyclic) bond motifs is 2. The van der Waals surface area contributed by atoms with Gasteiger partial charge in [-0.3, -0.25) is 4.79 Å². The zero-order valence-corrected chi connectivity index (χ0v) is 16.2. The van der Waals surface area contributed by atoms with Crippen LogP contribution in [0.1, 0.15) is 30.0 Å². The Morgan fingerprint density at radius 1 is 1.16 bits per heavy atom. The van der Waals surface area contributed by atoms with Crippen molar-refractivity contribution < 1.29 is 28.2 Å². The van der Waals surface area contributed by atoms with Crippen LogP contribution in [-0.4, -0.2) is 22.4 Å². The van der Waals surface area contributed by atoms with Gasteiger partial charge < -0.3 is 24.5 Å². The van der Waals surface area contributed by atoms with Crippen LogP contribution >= 0.6 is 0 Å². The van der Waals surface area contributed by atoms with E-state index in [-0.39, 0.29) is 28.4 Å². The van der Waals surface area contributed by atoms with Crippen LogP contribution in [0.5, 0.6) is 11.5 Å². The molecule has 0 amide bonds. The number of halogens is 2. The van der Waals surface area contributed by atoms with E-state index in [0.29, 0.717) is 17.7 Å². The molecule has 1 aromatic heterocycles. The first-order valence-corrected chi connectivity index (χ1v) is 9.82. The molecule has 0 spiro atoms. The van der Waals surface area contributed by atoms with E-state index in [1.165, 1.54) is 12.3 Å². The first kappa shape index (κ1) is 19.5. The highest BCUT2D eigenvalue weighted by atomic mass is 19.3. The number of rotatable bonds is 5. The average Bonchev–Trinajstić information content (AvgIpc) is 3.46. The number of carboxylic acid groups (broad SMARTS) is 1. The maximum atomic E-state index is 13.4. The van der Waals surface area contributed by atoms with Crippen molar-refractivity contribution in [3.05, 3.63) is 57.9 Å². The normalized spacial score (nSPS) is 15.3. The molecule has 0 radical (unpaired) electrons. The summed E-state index contributed by atoms with van der Waals surface area (Å²) in [7, 11) is 0.